The van der Waals surface area contributed by atoms with Crippen LogP contribution in [0.2, 0.25) is 5.02 Å². The Morgan fingerprint density at radius 2 is 2.13 bits per heavy atom. The van der Waals surface area contributed by atoms with Gasteiger partial charge in [0, 0.05) is 10.4 Å². The van der Waals surface area contributed by atoms with Gasteiger partial charge in [-0.1, -0.05) is 33.6 Å². The molecule has 4 heteroatoms. The van der Waals surface area contributed by atoms with E-state index in [0.29, 0.717) is 5.33 Å². The van der Waals surface area contributed by atoms with E-state index in [1.54, 1.807) is 0 Å². The number of methoxy groups -OCH3 is 1. The monoisotopic (exact) mass is 290 g/mol. The highest BCUT2D eigenvalue weighted by molar-refractivity contribution is 9.08. The summed E-state index contributed by atoms with van der Waals surface area (Å²) in [6.07, 6.45) is 0.287. The molecule has 1 aromatic carbocycles. The lowest BCUT2D eigenvalue weighted by molar-refractivity contribution is -0.139. The van der Waals surface area contributed by atoms with Crippen LogP contribution in [0.4, 0.5) is 0 Å². The summed E-state index contributed by atoms with van der Waals surface area (Å²) in [6, 6.07) is 3.81. The van der Waals surface area contributed by atoms with Crippen LogP contribution in [0, 0.1) is 6.92 Å². The first-order valence-electron chi connectivity index (χ1n) is 4.49. The summed E-state index contributed by atoms with van der Waals surface area (Å²) >= 11 is 9.37. The number of halogens is 2. The van der Waals surface area contributed by atoms with Gasteiger partial charge in [-0.3, -0.25) is 4.79 Å². The Balaban J connectivity index is 3.05. The summed E-state index contributed by atoms with van der Waals surface area (Å²) in [5.41, 5.74) is 2.96. The van der Waals surface area contributed by atoms with E-state index in [0.717, 1.165) is 21.7 Å². The van der Waals surface area contributed by atoms with Gasteiger partial charge in [0.15, 0.2) is 0 Å². The van der Waals surface area contributed by atoms with Crippen molar-refractivity contribution in [2.75, 3.05) is 7.11 Å². The second-order valence-electron chi connectivity index (χ2n) is 3.26. The Labute approximate surface area is 103 Å². The van der Waals surface area contributed by atoms with Gasteiger partial charge in [0.2, 0.25) is 0 Å². The van der Waals surface area contributed by atoms with Crippen molar-refractivity contribution in [1.82, 2.24) is 0 Å². The van der Waals surface area contributed by atoms with Crippen LogP contribution in [-0.2, 0) is 21.3 Å². The van der Waals surface area contributed by atoms with E-state index in [1.165, 1.54) is 7.11 Å². The van der Waals surface area contributed by atoms with E-state index in [-0.39, 0.29) is 12.4 Å². The van der Waals surface area contributed by atoms with Crippen LogP contribution in [0.3, 0.4) is 0 Å². The number of benzene rings is 1. The van der Waals surface area contributed by atoms with Crippen molar-refractivity contribution in [3.05, 3.63) is 33.8 Å². The fourth-order valence-electron chi connectivity index (χ4n) is 1.30. The molecule has 0 amide bonds. The number of aryl methyl sites for hydroxylation is 1. The molecule has 0 spiro atoms. The molecule has 0 fully saturated rings. The molecule has 0 aromatic heterocycles. The molecule has 0 heterocycles. The van der Waals surface area contributed by atoms with E-state index in [4.69, 9.17) is 11.6 Å². The Bertz CT molecular complexity index is 377. The molecule has 0 aliphatic carbocycles. The molecule has 2 nitrogen and oxygen atoms in total. The predicted molar refractivity (Wildman–Crippen MR) is 64.5 cm³/mol. The third kappa shape index (κ3) is 3.21. The zero-order valence-electron chi connectivity index (χ0n) is 8.64. The third-order valence-electron chi connectivity index (χ3n) is 2.19. The van der Waals surface area contributed by atoms with Crippen LogP contribution in [0.15, 0.2) is 12.1 Å². The lowest BCUT2D eigenvalue weighted by Crippen LogP contribution is -2.06. The molecule has 0 atom stereocenters. The molecular weight excluding hydrogens is 279 g/mol. The minimum Gasteiger partial charge on any atom is -0.469 e. The van der Waals surface area contributed by atoms with Crippen molar-refractivity contribution in [3.8, 4) is 0 Å². The molecule has 82 valence electrons. The van der Waals surface area contributed by atoms with E-state index in [1.807, 2.05) is 19.1 Å². The van der Waals surface area contributed by atoms with Gasteiger partial charge in [0.1, 0.15) is 0 Å². The second-order valence-corrected chi connectivity index (χ2v) is 4.22. The Kier molecular flexibility index (Phi) is 4.61. The van der Waals surface area contributed by atoms with Crippen molar-refractivity contribution in [2.24, 2.45) is 0 Å². The van der Waals surface area contributed by atoms with Gasteiger partial charge in [-0.05, 0) is 29.7 Å². The zero-order valence-corrected chi connectivity index (χ0v) is 11.0. The highest BCUT2D eigenvalue weighted by Crippen LogP contribution is 2.23. The van der Waals surface area contributed by atoms with Crippen LogP contribution in [0.1, 0.15) is 16.7 Å². The Hall–Kier alpha value is -0.540. The molecule has 0 saturated carbocycles. The van der Waals surface area contributed by atoms with Crippen LogP contribution >= 0.6 is 27.5 Å². The van der Waals surface area contributed by atoms with Gasteiger partial charge >= 0.3 is 5.97 Å². The number of rotatable bonds is 3. The van der Waals surface area contributed by atoms with E-state index in [2.05, 4.69) is 20.7 Å². The molecule has 0 aliphatic heterocycles. The number of esters is 1. The standard InChI is InChI=1S/C11H12BrClO2/c1-7-3-8(5-11(14)15-2)9(6-12)4-10(7)13/h3-4H,5-6H2,1-2H3. The minimum atomic E-state index is -0.237. The fraction of sp³-hybridized carbons (Fsp3) is 0.364. The summed E-state index contributed by atoms with van der Waals surface area (Å²) < 4.78 is 4.64. The lowest BCUT2D eigenvalue weighted by Gasteiger charge is -2.09. The molecular formula is C11H12BrClO2. The highest BCUT2D eigenvalue weighted by atomic mass is 79.9. The number of ether oxygens (including phenoxy) is 1. The molecule has 1 aromatic rings. The van der Waals surface area contributed by atoms with Crippen molar-refractivity contribution >= 4 is 33.5 Å². The third-order valence-corrected chi connectivity index (χ3v) is 3.20. The molecule has 1 rings (SSSR count). The molecule has 15 heavy (non-hydrogen) atoms. The molecule has 0 bridgehead atoms. The summed E-state index contributed by atoms with van der Waals surface area (Å²) in [6.45, 7) is 1.92. The largest absolute Gasteiger partial charge is 0.469 e. The van der Waals surface area contributed by atoms with Gasteiger partial charge in [-0.15, -0.1) is 0 Å². The Morgan fingerprint density at radius 1 is 1.47 bits per heavy atom. The summed E-state index contributed by atoms with van der Waals surface area (Å²) in [5.74, 6) is -0.237. The second kappa shape index (κ2) is 5.52. The summed E-state index contributed by atoms with van der Waals surface area (Å²) in [5, 5.41) is 1.40. The summed E-state index contributed by atoms with van der Waals surface area (Å²) in [7, 11) is 1.39. The predicted octanol–water partition coefficient (Wildman–Crippen LogP) is 3.26. The maximum absolute atomic E-state index is 11.2. The minimum absolute atomic E-state index is 0.237. The maximum atomic E-state index is 11.2. The van der Waals surface area contributed by atoms with E-state index in [9.17, 15) is 4.79 Å². The normalized spacial score (nSPS) is 10.1. The molecule has 0 unspecified atom stereocenters. The van der Waals surface area contributed by atoms with Crippen molar-refractivity contribution in [3.63, 3.8) is 0 Å². The topological polar surface area (TPSA) is 26.3 Å². The van der Waals surface area contributed by atoms with Crippen molar-refractivity contribution in [1.29, 1.82) is 0 Å². The average molecular weight is 292 g/mol. The SMILES string of the molecule is COC(=O)Cc1cc(C)c(Cl)cc1CBr. The first kappa shape index (κ1) is 12.5. The van der Waals surface area contributed by atoms with Gasteiger partial charge in [-0.2, -0.15) is 0 Å². The number of carbonyl (C=O) groups is 1. The Morgan fingerprint density at radius 3 is 2.67 bits per heavy atom. The van der Waals surface area contributed by atoms with Gasteiger partial charge < -0.3 is 4.74 Å². The van der Waals surface area contributed by atoms with Crippen molar-refractivity contribution < 1.29 is 9.53 Å². The summed E-state index contributed by atoms with van der Waals surface area (Å²) in [4.78, 5) is 11.2. The highest BCUT2D eigenvalue weighted by Gasteiger charge is 2.09. The van der Waals surface area contributed by atoms with Crippen LogP contribution in [-0.4, -0.2) is 13.1 Å². The van der Waals surface area contributed by atoms with Crippen LogP contribution in [0.5, 0.6) is 0 Å². The maximum Gasteiger partial charge on any atom is 0.309 e. The van der Waals surface area contributed by atoms with Gasteiger partial charge in [0.25, 0.3) is 0 Å². The first-order valence-corrected chi connectivity index (χ1v) is 5.99. The van der Waals surface area contributed by atoms with E-state index >= 15 is 0 Å². The average Bonchev–Trinajstić information content (AvgIpc) is 2.22. The first-order chi connectivity index (χ1) is 7.08. The fourth-order valence-corrected chi connectivity index (χ4v) is 2.01. The zero-order chi connectivity index (χ0) is 11.4. The quantitative estimate of drug-likeness (QED) is 0.631. The smallest absolute Gasteiger partial charge is 0.309 e. The number of hydrogen-bond acceptors (Lipinski definition) is 2. The molecule has 0 saturated heterocycles. The van der Waals surface area contributed by atoms with Gasteiger partial charge in [-0.25, -0.2) is 0 Å². The van der Waals surface area contributed by atoms with Gasteiger partial charge in [0.05, 0.1) is 13.5 Å². The van der Waals surface area contributed by atoms with Crippen LogP contribution in [0.25, 0.3) is 0 Å². The number of hydrogen-bond donors (Lipinski definition) is 0. The molecule has 0 N–H and O–H groups in total. The number of alkyl halides is 1. The molecule has 0 aliphatic rings. The number of carbonyl (C=O) groups excluding carboxylic acids is 1. The van der Waals surface area contributed by atoms with E-state index < -0.39 is 0 Å². The molecule has 0 radical (unpaired) electrons. The van der Waals surface area contributed by atoms with Crippen molar-refractivity contribution in [2.45, 2.75) is 18.7 Å². The lowest BCUT2D eigenvalue weighted by atomic mass is 10.0. The van der Waals surface area contributed by atoms with Crippen LogP contribution < -0.4 is 0 Å².